The average Bonchev–Trinajstić information content (AvgIpc) is 2.59. The highest BCUT2D eigenvalue weighted by Crippen LogP contribution is 2.16. The molecule has 2 N–H and O–H groups in total. The first kappa shape index (κ1) is 17.1. The van der Waals surface area contributed by atoms with Crippen LogP contribution in [0.4, 0.5) is 0 Å². The van der Waals surface area contributed by atoms with Crippen LogP contribution in [0.3, 0.4) is 0 Å². The standard InChI is InChI=1S/C18H14O6/c19-15(11-5-1-3-7-13(11)17(21)22)9-10-16(20)12-6-2-4-8-14(12)18(23)24/h1-8H,9-10H2,(H,21,22)(H,23,24). The highest BCUT2D eigenvalue weighted by Gasteiger charge is 2.19. The second-order valence-electron chi connectivity index (χ2n) is 5.05. The summed E-state index contributed by atoms with van der Waals surface area (Å²) in [5.74, 6) is -3.40. The molecule has 24 heavy (non-hydrogen) atoms. The van der Waals surface area contributed by atoms with Gasteiger partial charge in [0.25, 0.3) is 0 Å². The Morgan fingerprint density at radius 2 is 0.875 bits per heavy atom. The summed E-state index contributed by atoms with van der Waals surface area (Å²) < 4.78 is 0. The van der Waals surface area contributed by atoms with Gasteiger partial charge in [-0.2, -0.15) is 0 Å². The smallest absolute Gasteiger partial charge is 0.336 e. The molecule has 6 heteroatoms. The van der Waals surface area contributed by atoms with Crippen LogP contribution < -0.4 is 0 Å². The summed E-state index contributed by atoms with van der Waals surface area (Å²) in [7, 11) is 0. The Kier molecular flexibility index (Phi) is 5.21. The Hall–Kier alpha value is -3.28. The number of hydrogen-bond acceptors (Lipinski definition) is 4. The lowest BCUT2D eigenvalue weighted by molar-refractivity contribution is 0.0682. The van der Waals surface area contributed by atoms with Crippen LogP contribution in [0.2, 0.25) is 0 Å². The minimum absolute atomic E-state index is 0.0318. The van der Waals surface area contributed by atoms with Gasteiger partial charge in [-0.1, -0.05) is 36.4 Å². The molecule has 0 aromatic heterocycles. The summed E-state index contributed by atoms with van der Waals surface area (Å²) >= 11 is 0. The fourth-order valence-corrected chi connectivity index (χ4v) is 2.32. The Bertz CT molecular complexity index is 752. The van der Waals surface area contributed by atoms with Gasteiger partial charge in [0, 0.05) is 24.0 Å². The summed E-state index contributed by atoms with van der Waals surface area (Å²) in [6, 6.07) is 11.5. The van der Waals surface area contributed by atoms with Crippen molar-refractivity contribution in [3.63, 3.8) is 0 Å². The number of carbonyl (C=O) groups is 4. The predicted octanol–water partition coefficient (Wildman–Crippen LogP) is 2.93. The molecule has 0 fully saturated rings. The third kappa shape index (κ3) is 3.73. The summed E-state index contributed by atoms with van der Waals surface area (Å²) in [5.41, 5.74) is -0.185. The number of rotatable bonds is 7. The molecule has 0 amide bonds. The summed E-state index contributed by atoms with van der Waals surface area (Å²) in [6.45, 7) is 0. The SMILES string of the molecule is O=C(O)c1ccccc1C(=O)CCC(=O)c1ccccc1C(=O)O. The van der Waals surface area contributed by atoms with E-state index < -0.39 is 23.5 Å². The number of carboxylic acids is 2. The number of carboxylic acid groups (broad SMARTS) is 2. The zero-order valence-electron chi connectivity index (χ0n) is 12.6. The number of ketones is 2. The van der Waals surface area contributed by atoms with Gasteiger partial charge in [-0.15, -0.1) is 0 Å². The normalized spacial score (nSPS) is 10.2. The Morgan fingerprint density at radius 3 is 1.17 bits per heavy atom. The van der Waals surface area contributed by atoms with Crippen LogP contribution >= 0.6 is 0 Å². The average molecular weight is 326 g/mol. The van der Waals surface area contributed by atoms with Crippen molar-refractivity contribution >= 4 is 23.5 Å². The van der Waals surface area contributed by atoms with E-state index in [1.54, 1.807) is 12.1 Å². The zero-order chi connectivity index (χ0) is 17.7. The second kappa shape index (κ2) is 7.32. The quantitative estimate of drug-likeness (QED) is 0.757. The van der Waals surface area contributed by atoms with Gasteiger partial charge in [-0.25, -0.2) is 9.59 Å². The molecule has 2 aromatic rings. The van der Waals surface area contributed by atoms with Crippen molar-refractivity contribution in [3.05, 3.63) is 70.8 Å². The van der Waals surface area contributed by atoms with E-state index in [1.165, 1.54) is 36.4 Å². The van der Waals surface area contributed by atoms with Crippen LogP contribution in [0.1, 0.15) is 54.3 Å². The van der Waals surface area contributed by atoms with E-state index in [2.05, 4.69) is 0 Å². The fourth-order valence-electron chi connectivity index (χ4n) is 2.32. The van der Waals surface area contributed by atoms with Crippen LogP contribution in [0.15, 0.2) is 48.5 Å². The van der Waals surface area contributed by atoms with Crippen molar-refractivity contribution < 1.29 is 29.4 Å². The monoisotopic (exact) mass is 326 g/mol. The van der Waals surface area contributed by atoms with Crippen molar-refractivity contribution in [1.29, 1.82) is 0 Å². The van der Waals surface area contributed by atoms with Crippen LogP contribution in [0, 0.1) is 0 Å². The van der Waals surface area contributed by atoms with Gasteiger partial charge < -0.3 is 10.2 Å². The lowest BCUT2D eigenvalue weighted by Crippen LogP contribution is -2.12. The van der Waals surface area contributed by atoms with Gasteiger partial charge >= 0.3 is 11.9 Å². The maximum Gasteiger partial charge on any atom is 0.336 e. The zero-order valence-corrected chi connectivity index (χ0v) is 12.6. The summed E-state index contributed by atoms with van der Waals surface area (Å²) in [4.78, 5) is 46.6. The van der Waals surface area contributed by atoms with E-state index in [1.807, 2.05) is 0 Å². The van der Waals surface area contributed by atoms with Gasteiger partial charge in [-0.05, 0) is 12.1 Å². The minimum atomic E-state index is -1.22. The van der Waals surface area contributed by atoms with E-state index in [0.29, 0.717) is 0 Å². The highest BCUT2D eigenvalue weighted by atomic mass is 16.4. The number of carbonyl (C=O) groups excluding carboxylic acids is 2. The number of Topliss-reactive ketones (excluding diaryl/α,β-unsaturated/α-hetero) is 2. The third-order valence-corrected chi connectivity index (χ3v) is 3.49. The fraction of sp³-hybridized carbons (Fsp3) is 0.111. The molecule has 2 rings (SSSR count). The molecule has 0 aliphatic rings. The number of aromatic carboxylic acids is 2. The van der Waals surface area contributed by atoms with Crippen LogP contribution in [0.5, 0.6) is 0 Å². The molecule has 0 aliphatic carbocycles. The second-order valence-corrected chi connectivity index (χ2v) is 5.05. The molecule has 0 unspecified atom stereocenters. The molecule has 0 aliphatic heterocycles. The summed E-state index contributed by atoms with van der Waals surface area (Å²) in [6.07, 6.45) is -0.395. The lowest BCUT2D eigenvalue weighted by atomic mass is 9.96. The van der Waals surface area contributed by atoms with E-state index in [4.69, 9.17) is 10.2 Å². The van der Waals surface area contributed by atoms with Crippen molar-refractivity contribution in [1.82, 2.24) is 0 Å². The minimum Gasteiger partial charge on any atom is -0.478 e. The molecule has 0 bridgehead atoms. The van der Waals surface area contributed by atoms with Crippen molar-refractivity contribution in [2.75, 3.05) is 0 Å². The maximum absolute atomic E-state index is 12.2. The number of benzene rings is 2. The van der Waals surface area contributed by atoms with Crippen LogP contribution in [-0.2, 0) is 0 Å². The molecule has 0 saturated carbocycles. The van der Waals surface area contributed by atoms with E-state index in [0.717, 1.165) is 0 Å². The highest BCUT2D eigenvalue weighted by molar-refractivity contribution is 6.09. The third-order valence-electron chi connectivity index (χ3n) is 3.49. The molecule has 122 valence electrons. The molecular formula is C18H14O6. The molecule has 0 spiro atoms. The molecular weight excluding hydrogens is 312 g/mol. The largest absolute Gasteiger partial charge is 0.478 e. The lowest BCUT2D eigenvalue weighted by Gasteiger charge is -2.06. The van der Waals surface area contributed by atoms with Gasteiger partial charge in [0.05, 0.1) is 11.1 Å². The van der Waals surface area contributed by atoms with Gasteiger partial charge in [0.1, 0.15) is 0 Å². The summed E-state index contributed by atoms with van der Waals surface area (Å²) in [5, 5.41) is 18.2. The molecule has 0 atom stereocenters. The first-order valence-electron chi connectivity index (χ1n) is 7.13. The maximum atomic E-state index is 12.2. The van der Waals surface area contributed by atoms with Crippen molar-refractivity contribution in [2.45, 2.75) is 12.8 Å². The van der Waals surface area contributed by atoms with E-state index >= 15 is 0 Å². The Morgan fingerprint density at radius 1 is 0.583 bits per heavy atom. The van der Waals surface area contributed by atoms with Crippen molar-refractivity contribution in [2.24, 2.45) is 0 Å². The Balaban J connectivity index is 2.14. The van der Waals surface area contributed by atoms with Crippen LogP contribution in [-0.4, -0.2) is 33.7 Å². The topological polar surface area (TPSA) is 109 Å². The molecule has 6 nitrogen and oxygen atoms in total. The Labute approximate surface area is 137 Å². The molecule has 0 saturated heterocycles. The molecule has 0 radical (unpaired) electrons. The predicted molar refractivity (Wildman–Crippen MR) is 84.7 cm³/mol. The van der Waals surface area contributed by atoms with E-state index in [9.17, 15) is 19.2 Å². The van der Waals surface area contributed by atoms with E-state index in [-0.39, 0.29) is 35.1 Å². The van der Waals surface area contributed by atoms with Gasteiger partial charge in [0.2, 0.25) is 0 Å². The first-order chi connectivity index (χ1) is 11.4. The van der Waals surface area contributed by atoms with Crippen molar-refractivity contribution in [3.8, 4) is 0 Å². The van der Waals surface area contributed by atoms with Crippen LogP contribution in [0.25, 0.3) is 0 Å². The van der Waals surface area contributed by atoms with Gasteiger partial charge in [0.15, 0.2) is 11.6 Å². The number of hydrogen-bond donors (Lipinski definition) is 2. The van der Waals surface area contributed by atoms with Gasteiger partial charge in [-0.3, -0.25) is 9.59 Å². The molecule has 0 heterocycles. The first-order valence-corrected chi connectivity index (χ1v) is 7.13. The molecule has 2 aromatic carbocycles.